The van der Waals surface area contributed by atoms with Gasteiger partial charge >= 0.3 is 5.97 Å². The number of benzene rings is 3. The maximum atomic E-state index is 12.5. The average Bonchev–Trinajstić information content (AvgIpc) is 3.29. The number of carbonyl (C=O) groups excluding carboxylic acids is 3. The van der Waals surface area contributed by atoms with E-state index in [9.17, 15) is 14.4 Å². The fourth-order valence-corrected chi connectivity index (χ4v) is 4.02. The van der Waals surface area contributed by atoms with Crippen LogP contribution >= 0.6 is 0 Å². The first kappa shape index (κ1) is 25.0. The van der Waals surface area contributed by atoms with E-state index < -0.39 is 24.4 Å². The number of hydrogen-bond acceptors (Lipinski definition) is 5. The third-order valence-corrected chi connectivity index (χ3v) is 5.99. The third kappa shape index (κ3) is 6.72. The predicted octanol–water partition coefficient (Wildman–Crippen LogP) is 5.36. The zero-order valence-electron chi connectivity index (χ0n) is 20.3. The van der Waals surface area contributed by atoms with Crippen molar-refractivity contribution in [2.45, 2.75) is 32.6 Å². The summed E-state index contributed by atoms with van der Waals surface area (Å²) in [5.74, 6) is -0.373. The summed E-state index contributed by atoms with van der Waals surface area (Å²) in [6.45, 7) is 1.98. The Hall–Kier alpha value is -4.13. The lowest BCUT2D eigenvalue weighted by atomic mass is 10.1. The number of para-hydroxylation sites is 1. The van der Waals surface area contributed by atoms with Crippen LogP contribution in [0.4, 0.5) is 11.4 Å². The number of carbonyl (C=O) groups is 3. The van der Waals surface area contributed by atoms with Gasteiger partial charge in [-0.05, 0) is 66.9 Å². The van der Waals surface area contributed by atoms with Gasteiger partial charge in [-0.3, -0.25) is 14.4 Å². The quantitative estimate of drug-likeness (QED) is 0.390. The summed E-state index contributed by atoms with van der Waals surface area (Å²) >= 11 is 0. The number of nitrogens with one attached hydrogen (secondary N) is 1. The van der Waals surface area contributed by atoms with Gasteiger partial charge in [0.15, 0.2) is 6.61 Å². The van der Waals surface area contributed by atoms with E-state index in [1.165, 1.54) is 5.56 Å². The average molecular weight is 487 g/mol. The molecule has 1 saturated heterocycles. The van der Waals surface area contributed by atoms with E-state index in [0.717, 1.165) is 24.9 Å². The van der Waals surface area contributed by atoms with Crippen molar-refractivity contribution in [2.24, 2.45) is 5.92 Å². The molecule has 3 aromatic carbocycles. The van der Waals surface area contributed by atoms with E-state index in [4.69, 9.17) is 9.47 Å². The van der Waals surface area contributed by atoms with Crippen LogP contribution in [-0.2, 0) is 25.5 Å². The lowest BCUT2D eigenvalue weighted by Crippen LogP contribution is -2.28. The Balaban J connectivity index is 1.23. The summed E-state index contributed by atoms with van der Waals surface area (Å²) in [7, 11) is 0. The van der Waals surface area contributed by atoms with Gasteiger partial charge in [-0.2, -0.15) is 0 Å². The minimum Gasteiger partial charge on any atom is -0.457 e. The van der Waals surface area contributed by atoms with E-state index in [0.29, 0.717) is 17.2 Å². The largest absolute Gasteiger partial charge is 0.457 e. The minimum absolute atomic E-state index is 0.0704. The van der Waals surface area contributed by atoms with Crippen molar-refractivity contribution in [3.8, 4) is 11.5 Å². The number of ether oxygens (including phenoxy) is 2. The first-order valence-electron chi connectivity index (χ1n) is 12.2. The van der Waals surface area contributed by atoms with Crippen LogP contribution in [0.3, 0.4) is 0 Å². The summed E-state index contributed by atoms with van der Waals surface area (Å²) in [5, 5.41) is 2.69. The lowest BCUT2D eigenvalue weighted by molar-refractivity contribution is -0.151. The third-order valence-electron chi connectivity index (χ3n) is 5.99. The Morgan fingerprint density at radius 1 is 0.944 bits per heavy atom. The van der Waals surface area contributed by atoms with E-state index in [1.54, 1.807) is 29.2 Å². The summed E-state index contributed by atoms with van der Waals surface area (Å²) in [4.78, 5) is 38.9. The Bertz CT molecular complexity index is 1180. The van der Waals surface area contributed by atoms with Gasteiger partial charge in [0.05, 0.1) is 5.92 Å². The second kappa shape index (κ2) is 12.0. The molecule has 7 nitrogen and oxygen atoms in total. The number of amides is 2. The van der Waals surface area contributed by atoms with E-state index in [1.807, 2.05) is 54.6 Å². The van der Waals surface area contributed by atoms with Crippen LogP contribution in [-0.4, -0.2) is 30.9 Å². The van der Waals surface area contributed by atoms with Crippen molar-refractivity contribution in [3.63, 3.8) is 0 Å². The highest BCUT2D eigenvalue weighted by molar-refractivity contribution is 6.00. The first-order chi connectivity index (χ1) is 17.5. The second-order valence-corrected chi connectivity index (χ2v) is 8.77. The summed E-state index contributed by atoms with van der Waals surface area (Å²) in [5.41, 5.74) is 2.56. The molecule has 1 aliphatic rings. The van der Waals surface area contributed by atoms with E-state index in [-0.39, 0.29) is 18.9 Å². The molecule has 1 fully saturated rings. The SMILES string of the molecule is CCCCc1ccc(N2CC(C(=O)OCC(=O)Nc3ccc(Oc4ccccc4)cc3)CC2=O)cc1. The van der Waals surface area contributed by atoms with Crippen molar-refractivity contribution in [1.29, 1.82) is 0 Å². The van der Waals surface area contributed by atoms with Crippen molar-refractivity contribution in [2.75, 3.05) is 23.4 Å². The molecule has 0 saturated carbocycles. The number of nitrogens with zero attached hydrogens (tertiary/aromatic N) is 1. The molecule has 1 atom stereocenters. The fourth-order valence-electron chi connectivity index (χ4n) is 4.02. The maximum absolute atomic E-state index is 12.5. The highest BCUT2D eigenvalue weighted by atomic mass is 16.5. The van der Waals surface area contributed by atoms with Gasteiger partial charge in [0.1, 0.15) is 11.5 Å². The van der Waals surface area contributed by atoms with E-state index >= 15 is 0 Å². The van der Waals surface area contributed by atoms with E-state index in [2.05, 4.69) is 12.2 Å². The highest BCUT2D eigenvalue weighted by Gasteiger charge is 2.36. The molecule has 3 aromatic rings. The molecular weight excluding hydrogens is 456 g/mol. The molecule has 0 aliphatic carbocycles. The predicted molar refractivity (Wildman–Crippen MR) is 138 cm³/mol. The number of esters is 1. The summed E-state index contributed by atoms with van der Waals surface area (Å²) in [6.07, 6.45) is 3.33. The zero-order chi connectivity index (χ0) is 25.3. The molecule has 1 unspecified atom stereocenters. The molecule has 2 amide bonds. The Morgan fingerprint density at radius 3 is 2.33 bits per heavy atom. The van der Waals surface area contributed by atoms with Crippen molar-refractivity contribution >= 4 is 29.2 Å². The van der Waals surface area contributed by atoms with Gasteiger partial charge in [0.2, 0.25) is 5.91 Å². The van der Waals surface area contributed by atoms with Crippen LogP contribution in [0.2, 0.25) is 0 Å². The minimum atomic E-state index is -0.598. The molecule has 4 rings (SSSR count). The molecule has 1 heterocycles. The Labute approximate surface area is 211 Å². The van der Waals surface area contributed by atoms with Gasteiger partial charge in [0, 0.05) is 24.3 Å². The standard InChI is InChI=1S/C29H30N2O5/c1-2-3-7-21-10-14-24(15-11-21)31-19-22(18-28(31)33)29(34)35-20-27(32)30-23-12-16-26(17-13-23)36-25-8-5-4-6-9-25/h4-6,8-17,22H,2-3,7,18-20H2,1H3,(H,30,32). The second-order valence-electron chi connectivity index (χ2n) is 8.77. The molecule has 0 bridgehead atoms. The van der Waals surface area contributed by atoms with Crippen molar-refractivity contribution in [3.05, 3.63) is 84.4 Å². The normalized spacial score (nSPS) is 15.0. The van der Waals surface area contributed by atoms with Gasteiger partial charge in [-0.15, -0.1) is 0 Å². The van der Waals surface area contributed by atoms with Crippen LogP contribution in [0, 0.1) is 5.92 Å². The number of unbranched alkanes of at least 4 members (excludes halogenated alkanes) is 1. The summed E-state index contributed by atoms with van der Waals surface area (Å²) in [6, 6.07) is 24.2. The summed E-state index contributed by atoms with van der Waals surface area (Å²) < 4.78 is 10.9. The molecule has 7 heteroatoms. The van der Waals surface area contributed by atoms with Crippen LogP contribution in [0.25, 0.3) is 0 Å². The Kier molecular flexibility index (Phi) is 8.34. The molecule has 186 valence electrons. The fraction of sp³-hybridized carbons (Fsp3) is 0.276. The number of anilines is 2. The molecule has 0 aromatic heterocycles. The van der Waals surface area contributed by atoms with Crippen LogP contribution in [0.15, 0.2) is 78.9 Å². The van der Waals surface area contributed by atoms with Gasteiger partial charge in [-0.25, -0.2) is 0 Å². The smallest absolute Gasteiger partial charge is 0.311 e. The maximum Gasteiger partial charge on any atom is 0.311 e. The van der Waals surface area contributed by atoms with Crippen molar-refractivity contribution in [1.82, 2.24) is 0 Å². The van der Waals surface area contributed by atoms with Gasteiger partial charge < -0.3 is 19.7 Å². The molecule has 0 radical (unpaired) electrons. The van der Waals surface area contributed by atoms with Crippen LogP contribution < -0.4 is 15.0 Å². The first-order valence-corrected chi connectivity index (χ1v) is 12.2. The molecule has 0 spiro atoms. The molecule has 36 heavy (non-hydrogen) atoms. The molecule has 1 N–H and O–H groups in total. The Morgan fingerprint density at radius 2 is 1.64 bits per heavy atom. The molecular formula is C29H30N2O5. The number of hydrogen-bond donors (Lipinski definition) is 1. The number of aryl methyl sites for hydroxylation is 1. The van der Waals surface area contributed by atoms with Crippen LogP contribution in [0.1, 0.15) is 31.7 Å². The topological polar surface area (TPSA) is 84.9 Å². The number of rotatable bonds is 10. The van der Waals surface area contributed by atoms with Gasteiger partial charge in [-0.1, -0.05) is 43.7 Å². The lowest BCUT2D eigenvalue weighted by Gasteiger charge is -2.17. The zero-order valence-corrected chi connectivity index (χ0v) is 20.3. The molecule has 1 aliphatic heterocycles. The highest BCUT2D eigenvalue weighted by Crippen LogP contribution is 2.27. The van der Waals surface area contributed by atoms with Crippen LogP contribution in [0.5, 0.6) is 11.5 Å². The van der Waals surface area contributed by atoms with Crippen molar-refractivity contribution < 1.29 is 23.9 Å². The monoisotopic (exact) mass is 486 g/mol. The van der Waals surface area contributed by atoms with Gasteiger partial charge in [0.25, 0.3) is 5.91 Å².